The van der Waals surface area contributed by atoms with Crippen molar-refractivity contribution >= 4 is 39.1 Å². The summed E-state index contributed by atoms with van der Waals surface area (Å²) in [4.78, 5) is 28.1. The SMILES string of the molecule is CCc1ccccc1N(CC(=O)N(Cc1ccccc1Cl)[C@H](CC)C(=O)NC(C)C)S(C)(=O)=O. The van der Waals surface area contributed by atoms with E-state index in [1.807, 2.05) is 39.8 Å². The molecule has 0 spiro atoms. The Labute approximate surface area is 208 Å². The molecule has 1 atom stereocenters. The van der Waals surface area contributed by atoms with E-state index in [9.17, 15) is 18.0 Å². The zero-order valence-electron chi connectivity index (χ0n) is 20.4. The maximum Gasteiger partial charge on any atom is 0.244 e. The minimum Gasteiger partial charge on any atom is -0.352 e. The maximum atomic E-state index is 13.7. The summed E-state index contributed by atoms with van der Waals surface area (Å²) >= 11 is 6.35. The number of hydrogen-bond acceptors (Lipinski definition) is 4. The van der Waals surface area contributed by atoms with Gasteiger partial charge in [-0.2, -0.15) is 0 Å². The van der Waals surface area contributed by atoms with E-state index < -0.39 is 28.5 Å². The quantitative estimate of drug-likeness (QED) is 0.498. The number of nitrogens with one attached hydrogen (secondary N) is 1. The van der Waals surface area contributed by atoms with Crippen LogP contribution in [0.3, 0.4) is 0 Å². The first-order chi connectivity index (χ1) is 16.0. The highest BCUT2D eigenvalue weighted by molar-refractivity contribution is 7.92. The first-order valence-electron chi connectivity index (χ1n) is 11.4. The number of amides is 2. The summed E-state index contributed by atoms with van der Waals surface area (Å²) in [6.45, 7) is 7.09. The van der Waals surface area contributed by atoms with Gasteiger partial charge in [0.2, 0.25) is 21.8 Å². The van der Waals surface area contributed by atoms with Gasteiger partial charge in [0.05, 0.1) is 11.9 Å². The van der Waals surface area contributed by atoms with Crippen LogP contribution in [0.4, 0.5) is 5.69 Å². The molecular weight excluding hydrogens is 474 g/mol. The van der Waals surface area contributed by atoms with Crippen molar-refractivity contribution in [1.82, 2.24) is 10.2 Å². The second kappa shape index (κ2) is 12.2. The van der Waals surface area contributed by atoms with Gasteiger partial charge in [-0.05, 0) is 49.9 Å². The van der Waals surface area contributed by atoms with Crippen LogP contribution in [0.25, 0.3) is 0 Å². The highest BCUT2D eigenvalue weighted by Crippen LogP contribution is 2.25. The number of sulfonamides is 1. The molecule has 0 saturated heterocycles. The van der Waals surface area contributed by atoms with Crippen LogP contribution in [0.1, 0.15) is 45.2 Å². The van der Waals surface area contributed by atoms with E-state index in [1.54, 1.807) is 36.4 Å². The van der Waals surface area contributed by atoms with Gasteiger partial charge in [-0.25, -0.2) is 8.42 Å². The normalized spacial score (nSPS) is 12.3. The third-order valence-electron chi connectivity index (χ3n) is 5.44. The van der Waals surface area contributed by atoms with E-state index >= 15 is 0 Å². The van der Waals surface area contributed by atoms with Gasteiger partial charge < -0.3 is 10.2 Å². The Bertz CT molecular complexity index is 1100. The van der Waals surface area contributed by atoms with E-state index in [4.69, 9.17) is 11.6 Å². The molecule has 0 bridgehead atoms. The van der Waals surface area contributed by atoms with Crippen LogP contribution in [-0.4, -0.2) is 50.0 Å². The van der Waals surface area contributed by atoms with E-state index in [1.165, 1.54) is 4.90 Å². The van der Waals surface area contributed by atoms with Gasteiger partial charge in [0.15, 0.2) is 0 Å². The first-order valence-corrected chi connectivity index (χ1v) is 13.6. The predicted octanol–water partition coefficient (Wildman–Crippen LogP) is 4.00. The van der Waals surface area contributed by atoms with E-state index in [0.717, 1.165) is 16.1 Å². The molecule has 9 heteroatoms. The number of carbonyl (C=O) groups is 2. The number of anilines is 1. The molecule has 34 heavy (non-hydrogen) atoms. The van der Waals surface area contributed by atoms with Gasteiger partial charge in [0, 0.05) is 17.6 Å². The summed E-state index contributed by atoms with van der Waals surface area (Å²) in [5.41, 5.74) is 1.94. The van der Waals surface area contributed by atoms with Crippen LogP contribution < -0.4 is 9.62 Å². The molecule has 0 aliphatic carbocycles. The van der Waals surface area contributed by atoms with Gasteiger partial charge in [0.25, 0.3) is 0 Å². The van der Waals surface area contributed by atoms with Crippen LogP contribution in [0.2, 0.25) is 5.02 Å². The number of nitrogens with zero attached hydrogens (tertiary/aromatic N) is 2. The lowest BCUT2D eigenvalue weighted by atomic mass is 10.1. The standard InChI is InChI=1S/C25H34ClN3O4S/c1-6-19-12-9-11-15-23(19)29(34(5,32)33)17-24(30)28(16-20-13-8-10-14-21(20)26)22(7-2)25(31)27-18(3)4/h8-15,18,22H,6-7,16-17H2,1-5H3,(H,27,31)/t22-/m1/s1. The largest absolute Gasteiger partial charge is 0.352 e. The first kappa shape index (κ1) is 27.7. The Morgan fingerprint density at radius 2 is 1.59 bits per heavy atom. The van der Waals surface area contributed by atoms with Crippen molar-refractivity contribution in [3.8, 4) is 0 Å². The Morgan fingerprint density at radius 1 is 1.00 bits per heavy atom. The summed E-state index contributed by atoms with van der Waals surface area (Å²) < 4.78 is 26.6. The molecule has 0 radical (unpaired) electrons. The molecule has 0 aliphatic rings. The third kappa shape index (κ3) is 7.21. The molecule has 2 rings (SSSR count). The molecule has 0 heterocycles. The van der Waals surface area contributed by atoms with E-state index in [0.29, 0.717) is 29.1 Å². The second-order valence-electron chi connectivity index (χ2n) is 8.45. The number of hydrogen-bond donors (Lipinski definition) is 1. The fourth-order valence-corrected chi connectivity index (χ4v) is 4.83. The second-order valence-corrected chi connectivity index (χ2v) is 10.8. The van der Waals surface area contributed by atoms with E-state index in [2.05, 4.69) is 5.32 Å². The molecule has 7 nitrogen and oxygen atoms in total. The summed E-state index contributed by atoms with van der Waals surface area (Å²) in [7, 11) is -3.77. The smallest absolute Gasteiger partial charge is 0.244 e. The van der Waals surface area contributed by atoms with Gasteiger partial charge in [-0.1, -0.05) is 61.8 Å². The maximum absolute atomic E-state index is 13.7. The van der Waals surface area contributed by atoms with Crippen molar-refractivity contribution in [1.29, 1.82) is 0 Å². The Morgan fingerprint density at radius 3 is 2.12 bits per heavy atom. The zero-order chi connectivity index (χ0) is 25.5. The number of aryl methyl sites for hydroxylation is 1. The Hall–Kier alpha value is -2.58. The average Bonchev–Trinajstić information content (AvgIpc) is 2.77. The van der Waals surface area contributed by atoms with Crippen LogP contribution >= 0.6 is 11.6 Å². The lowest BCUT2D eigenvalue weighted by Gasteiger charge is -2.33. The van der Waals surface area contributed by atoms with Crippen LogP contribution in [0, 0.1) is 0 Å². The third-order valence-corrected chi connectivity index (χ3v) is 6.93. The molecule has 2 aromatic carbocycles. The van der Waals surface area contributed by atoms with E-state index in [-0.39, 0.29) is 18.5 Å². The average molecular weight is 508 g/mol. The zero-order valence-corrected chi connectivity index (χ0v) is 22.0. The lowest BCUT2D eigenvalue weighted by molar-refractivity contribution is -0.140. The summed E-state index contributed by atoms with van der Waals surface area (Å²) in [5, 5.41) is 3.33. The number of benzene rings is 2. The lowest BCUT2D eigenvalue weighted by Crippen LogP contribution is -2.53. The minimum absolute atomic E-state index is 0.0789. The van der Waals surface area contributed by atoms with Crippen molar-refractivity contribution in [2.45, 2.75) is 59.2 Å². The molecule has 186 valence electrons. The molecule has 0 aromatic heterocycles. The molecule has 0 aliphatic heterocycles. The highest BCUT2D eigenvalue weighted by Gasteiger charge is 2.32. The van der Waals surface area contributed by atoms with Crippen LogP contribution in [0.15, 0.2) is 48.5 Å². The summed E-state index contributed by atoms with van der Waals surface area (Å²) in [5.74, 6) is -0.778. The monoisotopic (exact) mass is 507 g/mol. The minimum atomic E-state index is -3.77. The Balaban J connectivity index is 2.49. The Kier molecular flexibility index (Phi) is 9.94. The number of rotatable bonds is 11. The van der Waals surface area contributed by atoms with Crippen molar-refractivity contribution in [3.05, 3.63) is 64.7 Å². The number of carbonyl (C=O) groups excluding carboxylic acids is 2. The van der Waals surface area contributed by atoms with Gasteiger partial charge in [-0.3, -0.25) is 13.9 Å². The summed E-state index contributed by atoms with van der Waals surface area (Å²) in [6, 6.07) is 13.3. The number of halogens is 1. The molecular formula is C25H34ClN3O4S. The van der Waals surface area contributed by atoms with Crippen molar-refractivity contribution in [2.24, 2.45) is 0 Å². The van der Waals surface area contributed by atoms with Crippen molar-refractivity contribution < 1.29 is 18.0 Å². The fourth-order valence-electron chi connectivity index (χ4n) is 3.76. The molecule has 0 fully saturated rings. The fraction of sp³-hybridized carbons (Fsp3) is 0.440. The van der Waals surface area contributed by atoms with Crippen molar-refractivity contribution in [3.63, 3.8) is 0 Å². The highest BCUT2D eigenvalue weighted by atomic mass is 35.5. The topological polar surface area (TPSA) is 86.8 Å². The molecule has 1 N–H and O–H groups in total. The molecule has 0 saturated carbocycles. The predicted molar refractivity (Wildman–Crippen MR) is 137 cm³/mol. The van der Waals surface area contributed by atoms with Crippen molar-refractivity contribution in [2.75, 3.05) is 17.1 Å². The van der Waals surface area contributed by atoms with Crippen LogP contribution in [0.5, 0.6) is 0 Å². The molecule has 0 unspecified atom stereocenters. The van der Waals surface area contributed by atoms with Gasteiger partial charge in [0.1, 0.15) is 12.6 Å². The molecule has 2 aromatic rings. The van der Waals surface area contributed by atoms with Crippen LogP contribution in [-0.2, 0) is 32.6 Å². The molecule has 2 amide bonds. The van der Waals surface area contributed by atoms with Gasteiger partial charge in [-0.15, -0.1) is 0 Å². The number of para-hydroxylation sites is 1. The van der Waals surface area contributed by atoms with Gasteiger partial charge >= 0.3 is 0 Å². The summed E-state index contributed by atoms with van der Waals surface area (Å²) in [6.07, 6.45) is 2.04.